The van der Waals surface area contributed by atoms with Crippen molar-refractivity contribution in [3.05, 3.63) is 0 Å². The molecule has 2 aliphatic rings. The first kappa shape index (κ1) is 10.7. The van der Waals surface area contributed by atoms with Crippen LogP contribution in [0.15, 0.2) is 0 Å². The summed E-state index contributed by atoms with van der Waals surface area (Å²) in [7, 11) is 1.81. The number of hydrogen-bond donors (Lipinski definition) is 1. The van der Waals surface area contributed by atoms with E-state index in [-0.39, 0.29) is 5.54 Å². The largest absolute Gasteiger partial charge is 0.380 e. The predicted molar refractivity (Wildman–Crippen MR) is 60.7 cm³/mol. The molecule has 2 saturated heterocycles. The third-order valence-electron chi connectivity index (χ3n) is 3.61. The Hall–Kier alpha value is 0.230. The molecular formula is C10H20N2OS. The maximum Gasteiger partial charge on any atom is 0.0710 e. The highest BCUT2D eigenvalue weighted by atomic mass is 32.2. The number of methoxy groups -OCH3 is 1. The lowest BCUT2D eigenvalue weighted by atomic mass is 9.97. The van der Waals surface area contributed by atoms with E-state index in [2.05, 4.69) is 4.90 Å². The summed E-state index contributed by atoms with van der Waals surface area (Å²) >= 11 is 2.04. The minimum absolute atomic E-state index is 0.290. The van der Waals surface area contributed by atoms with E-state index in [1.165, 1.54) is 24.3 Å². The molecule has 2 rings (SSSR count). The van der Waals surface area contributed by atoms with E-state index in [4.69, 9.17) is 10.5 Å². The highest BCUT2D eigenvalue weighted by Gasteiger charge is 2.42. The molecule has 2 heterocycles. The van der Waals surface area contributed by atoms with E-state index in [0.29, 0.717) is 6.10 Å². The summed E-state index contributed by atoms with van der Waals surface area (Å²) in [5.74, 6) is 2.48. The fourth-order valence-electron chi connectivity index (χ4n) is 2.49. The van der Waals surface area contributed by atoms with Gasteiger partial charge in [-0.2, -0.15) is 11.8 Å². The van der Waals surface area contributed by atoms with Crippen LogP contribution in [0.4, 0.5) is 0 Å². The van der Waals surface area contributed by atoms with Gasteiger partial charge in [0.25, 0.3) is 0 Å². The molecule has 0 saturated carbocycles. The van der Waals surface area contributed by atoms with Crippen molar-refractivity contribution in [3.8, 4) is 0 Å². The standard InChI is InChI=1S/C10H20N2OS/c1-13-9-2-4-12(6-9)10(7-11)3-5-14-8-10/h9H,2-8,11H2,1H3. The zero-order valence-electron chi connectivity index (χ0n) is 8.87. The fourth-order valence-corrected chi connectivity index (χ4v) is 3.98. The second-order valence-corrected chi connectivity index (χ2v) is 5.43. The normalized spacial score (nSPS) is 39.4. The highest BCUT2D eigenvalue weighted by Crippen LogP contribution is 2.35. The minimum Gasteiger partial charge on any atom is -0.380 e. The van der Waals surface area contributed by atoms with Crippen LogP contribution < -0.4 is 5.73 Å². The van der Waals surface area contributed by atoms with Gasteiger partial charge in [0, 0.05) is 38.0 Å². The molecule has 4 heteroatoms. The number of nitrogens with two attached hydrogens (primary N) is 1. The fraction of sp³-hybridized carbons (Fsp3) is 1.00. The topological polar surface area (TPSA) is 38.5 Å². The van der Waals surface area contributed by atoms with Crippen LogP contribution in [-0.2, 0) is 4.74 Å². The number of nitrogens with zero attached hydrogens (tertiary/aromatic N) is 1. The lowest BCUT2D eigenvalue weighted by Gasteiger charge is -2.37. The number of hydrogen-bond acceptors (Lipinski definition) is 4. The summed E-state index contributed by atoms with van der Waals surface area (Å²) < 4.78 is 5.40. The average Bonchev–Trinajstić information content (AvgIpc) is 2.87. The quantitative estimate of drug-likeness (QED) is 0.747. The van der Waals surface area contributed by atoms with Crippen LogP contribution in [-0.4, -0.2) is 54.8 Å². The Morgan fingerprint density at radius 1 is 1.64 bits per heavy atom. The second-order valence-electron chi connectivity index (χ2n) is 4.32. The Morgan fingerprint density at radius 3 is 3.00 bits per heavy atom. The van der Waals surface area contributed by atoms with E-state index in [1.807, 2.05) is 18.9 Å². The van der Waals surface area contributed by atoms with Gasteiger partial charge in [-0.05, 0) is 18.6 Å². The summed E-state index contributed by atoms with van der Waals surface area (Å²) in [4.78, 5) is 2.56. The van der Waals surface area contributed by atoms with Crippen LogP contribution in [0.1, 0.15) is 12.8 Å². The maximum absolute atomic E-state index is 5.94. The molecule has 2 fully saturated rings. The van der Waals surface area contributed by atoms with E-state index < -0.39 is 0 Å². The van der Waals surface area contributed by atoms with Crippen molar-refractivity contribution in [2.45, 2.75) is 24.5 Å². The molecule has 0 aliphatic carbocycles. The van der Waals surface area contributed by atoms with Crippen LogP contribution in [0.25, 0.3) is 0 Å². The molecule has 0 amide bonds. The van der Waals surface area contributed by atoms with Crippen molar-refractivity contribution in [3.63, 3.8) is 0 Å². The third-order valence-corrected chi connectivity index (χ3v) is 4.85. The van der Waals surface area contributed by atoms with E-state index in [1.54, 1.807) is 0 Å². The van der Waals surface area contributed by atoms with Crippen molar-refractivity contribution in [2.24, 2.45) is 5.73 Å². The van der Waals surface area contributed by atoms with Gasteiger partial charge >= 0.3 is 0 Å². The first-order valence-electron chi connectivity index (χ1n) is 5.36. The van der Waals surface area contributed by atoms with Gasteiger partial charge in [-0.15, -0.1) is 0 Å². The van der Waals surface area contributed by atoms with Crippen molar-refractivity contribution in [1.82, 2.24) is 4.90 Å². The SMILES string of the molecule is COC1CCN(C2(CN)CCSC2)C1. The van der Waals surface area contributed by atoms with Gasteiger partial charge in [0.2, 0.25) is 0 Å². The van der Waals surface area contributed by atoms with Crippen molar-refractivity contribution >= 4 is 11.8 Å². The summed E-state index contributed by atoms with van der Waals surface area (Å²) in [6.45, 7) is 3.04. The first-order chi connectivity index (χ1) is 6.80. The predicted octanol–water partition coefficient (Wildman–Crippen LogP) is 0.541. The Morgan fingerprint density at radius 2 is 2.50 bits per heavy atom. The molecule has 0 aromatic carbocycles. The van der Waals surface area contributed by atoms with Gasteiger partial charge in [0.05, 0.1) is 6.10 Å². The number of ether oxygens (including phenoxy) is 1. The van der Waals surface area contributed by atoms with Crippen molar-refractivity contribution in [2.75, 3.05) is 38.2 Å². The Bertz CT molecular complexity index is 195. The number of likely N-dealkylation sites (tertiary alicyclic amines) is 1. The summed E-state index contributed by atoms with van der Waals surface area (Å²) in [6.07, 6.45) is 2.86. The molecule has 14 heavy (non-hydrogen) atoms. The minimum atomic E-state index is 0.290. The summed E-state index contributed by atoms with van der Waals surface area (Å²) in [5, 5.41) is 0. The lowest BCUT2D eigenvalue weighted by Crippen LogP contribution is -2.53. The molecule has 2 aliphatic heterocycles. The zero-order valence-corrected chi connectivity index (χ0v) is 9.68. The average molecular weight is 216 g/mol. The highest BCUT2D eigenvalue weighted by molar-refractivity contribution is 7.99. The molecule has 0 radical (unpaired) electrons. The number of thioether (sulfide) groups is 1. The van der Waals surface area contributed by atoms with E-state index in [0.717, 1.165) is 19.6 Å². The van der Waals surface area contributed by atoms with Crippen LogP contribution in [0.3, 0.4) is 0 Å². The molecule has 2 atom stereocenters. The molecule has 3 nitrogen and oxygen atoms in total. The second kappa shape index (κ2) is 4.39. The molecule has 82 valence electrons. The van der Waals surface area contributed by atoms with Crippen molar-refractivity contribution in [1.29, 1.82) is 0 Å². The first-order valence-corrected chi connectivity index (χ1v) is 6.52. The summed E-state index contributed by atoms with van der Waals surface area (Å²) in [5.41, 5.74) is 6.23. The maximum atomic E-state index is 5.94. The summed E-state index contributed by atoms with van der Waals surface area (Å²) in [6, 6.07) is 0. The van der Waals surface area contributed by atoms with Crippen molar-refractivity contribution < 1.29 is 4.74 Å². The number of rotatable bonds is 3. The van der Waals surface area contributed by atoms with Gasteiger partial charge in [0.1, 0.15) is 0 Å². The Labute approximate surface area is 90.3 Å². The smallest absolute Gasteiger partial charge is 0.0710 e. The van der Waals surface area contributed by atoms with Crippen LogP contribution in [0, 0.1) is 0 Å². The molecule has 0 aromatic rings. The van der Waals surface area contributed by atoms with E-state index >= 15 is 0 Å². The van der Waals surface area contributed by atoms with Gasteiger partial charge in [-0.25, -0.2) is 0 Å². The molecule has 0 aromatic heterocycles. The lowest BCUT2D eigenvalue weighted by molar-refractivity contribution is 0.0828. The molecule has 0 bridgehead atoms. The third kappa shape index (κ3) is 1.81. The van der Waals surface area contributed by atoms with Gasteiger partial charge in [-0.1, -0.05) is 0 Å². The Kier molecular flexibility index (Phi) is 3.37. The molecular weight excluding hydrogens is 196 g/mol. The van der Waals surface area contributed by atoms with Gasteiger partial charge in [-0.3, -0.25) is 4.90 Å². The van der Waals surface area contributed by atoms with Gasteiger partial charge < -0.3 is 10.5 Å². The zero-order chi connectivity index (χ0) is 10.0. The molecule has 2 unspecified atom stereocenters. The molecule has 0 spiro atoms. The Balaban J connectivity index is 1.99. The van der Waals surface area contributed by atoms with Crippen LogP contribution >= 0.6 is 11.8 Å². The van der Waals surface area contributed by atoms with Crippen LogP contribution in [0.2, 0.25) is 0 Å². The molecule has 2 N–H and O–H groups in total. The van der Waals surface area contributed by atoms with Crippen LogP contribution in [0.5, 0.6) is 0 Å². The monoisotopic (exact) mass is 216 g/mol. The van der Waals surface area contributed by atoms with Gasteiger partial charge in [0.15, 0.2) is 0 Å². The van der Waals surface area contributed by atoms with E-state index in [9.17, 15) is 0 Å².